The largest absolute Gasteiger partial charge is 0.444 e. The number of rotatable bonds is 2. The number of benzene rings is 1. The highest BCUT2D eigenvalue weighted by atomic mass is 35.5. The molecule has 1 aliphatic rings. The van der Waals surface area contributed by atoms with Crippen molar-refractivity contribution in [3.05, 3.63) is 34.9 Å². The summed E-state index contributed by atoms with van der Waals surface area (Å²) in [5, 5.41) is 0.768. The van der Waals surface area contributed by atoms with Gasteiger partial charge in [0.25, 0.3) is 0 Å². The number of piperidine rings is 1. The maximum absolute atomic E-state index is 12.3. The molecule has 1 saturated heterocycles. The molecule has 2 rings (SSSR count). The van der Waals surface area contributed by atoms with Crippen molar-refractivity contribution in [2.75, 3.05) is 13.1 Å². The molecule has 2 unspecified atom stereocenters. The minimum Gasteiger partial charge on any atom is -0.444 e. The molecule has 0 radical (unpaired) electrons. The minimum absolute atomic E-state index is 0.199. The predicted molar refractivity (Wildman–Crippen MR) is 90.4 cm³/mol. The number of halogens is 1. The third-order valence-corrected chi connectivity index (χ3v) is 4.43. The van der Waals surface area contributed by atoms with Gasteiger partial charge in [-0.05, 0) is 63.1 Å². The van der Waals surface area contributed by atoms with Gasteiger partial charge in [0, 0.05) is 18.1 Å². The number of amides is 1. The van der Waals surface area contributed by atoms with Crippen molar-refractivity contribution in [1.82, 2.24) is 4.90 Å². The first-order chi connectivity index (χ1) is 10.3. The van der Waals surface area contributed by atoms with Crippen molar-refractivity contribution in [3.63, 3.8) is 0 Å². The minimum atomic E-state index is -0.442. The molecule has 0 saturated carbocycles. The van der Waals surface area contributed by atoms with Gasteiger partial charge in [0.1, 0.15) is 5.60 Å². The average molecular weight is 324 g/mol. The van der Waals surface area contributed by atoms with Crippen molar-refractivity contribution < 1.29 is 9.53 Å². The van der Waals surface area contributed by atoms with Crippen LogP contribution in [-0.2, 0) is 4.74 Å². The van der Waals surface area contributed by atoms with E-state index < -0.39 is 5.60 Å². The quantitative estimate of drug-likeness (QED) is 0.758. The highest BCUT2D eigenvalue weighted by Crippen LogP contribution is 2.32. The van der Waals surface area contributed by atoms with Gasteiger partial charge in [-0.3, -0.25) is 0 Å². The van der Waals surface area contributed by atoms with Gasteiger partial charge in [0.2, 0.25) is 0 Å². The zero-order chi connectivity index (χ0) is 16.3. The Hall–Kier alpha value is -1.22. The van der Waals surface area contributed by atoms with Gasteiger partial charge >= 0.3 is 6.09 Å². The maximum Gasteiger partial charge on any atom is 0.410 e. The Morgan fingerprint density at radius 3 is 2.77 bits per heavy atom. The fraction of sp³-hybridized carbons (Fsp3) is 0.611. The third kappa shape index (κ3) is 4.64. The Morgan fingerprint density at radius 2 is 2.14 bits per heavy atom. The van der Waals surface area contributed by atoms with Crippen LogP contribution < -0.4 is 0 Å². The number of hydrogen-bond donors (Lipinski definition) is 0. The third-order valence-electron chi connectivity index (χ3n) is 4.19. The molecule has 4 heteroatoms. The number of carbonyl (C=O) groups is 1. The summed E-state index contributed by atoms with van der Waals surface area (Å²) in [4.78, 5) is 14.1. The van der Waals surface area contributed by atoms with Gasteiger partial charge in [-0.2, -0.15) is 0 Å². The van der Waals surface area contributed by atoms with Crippen LogP contribution in [0.15, 0.2) is 24.3 Å². The Bertz CT molecular complexity index is 524. The molecule has 1 heterocycles. The maximum atomic E-state index is 12.3. The number of nitrogens with zero attached hydrogens (tertiary/aromatic N) is 1. The Balaban J connectivity index is 2.02. The lowest BCUT2D eigenvalue weighted by atomic mass is 9.82. The van der Waals surface area contributed by atoms with Gasteiger partial charge in [-0.25, -0.2) is 4.79 Å². The molecule has 3 nitrogen and oxygen atoms in total. The van der Waals surface area contributed by atoms with Crippen LogP contribution in [0, 0.1) is 5.92 Å². The molecule has 2 atom stereocenters. The SMILES string of the molecule is CC(c1cccc(Cl)c1)C1CCCN(C(=O)OC(C)(C)C)C1. The molecule has 1 aliphatic heterocycles. The summed E-state index contributed by atoms with van der Waals surface area (Å²) in [6, 6.07) is 8.02. The zero-order valence-corrected chi connectivity index (χ0v) is 14.7. The smallest absolute Gasteiger partial charge is 0.410 e. The van der Waals surface area contributed by atoms with E-state index in [9.17, 15) is 4.79 Å². The second-order valence-electron chi connectivity index (χ2n) is 7.17. The van der Waals surface area contributed by atoms with Gasteiger partial charge in [-0.1, -0.05) is 30.7 Å². The molecule has 0 N–H and O–H groups in total. The van der Waals surface area contributed by atoms with Crippen molar-refractivity contribution >= 4 is 17.7 Å². The van der Waals surface area contributed by atoms with E-state index in [0.29, 0.717) is 11.8 Å². The van der Waals surface area contributed by atoms with Gasteiger partial charge in [0.05, 0.1) is 0 Å². The van der Waals surface area contributed by atoms with Crippen molar-refractivity contribution in [2.24, 2.45) is 5.92 Å². The first kappa shape index (κ1) is 17.1. The van der Waals surface area contributed by atoms with Gasteiger partial charge < -0.3 is 9.64 Å². The molecule has 0 bridgehead atoms. The van der Waals surface area contributed by atoms with Crippen LogP contribution >= 0.6 is 11.6 Å². The lowest BCUT2D eigenvalue weighted by molar-refractivity contribution is 0.0154. The fourth-order valence-corrected chi connectivity index (χ4v) is 3.17. The Labute approximate surface area is 138 Å². The van der Waals surface area contributed by atoms with E-state index in [-0.39, 0.29) is 6.09 Å². The summed E-state index contributed by atoms with van der Waals surface area (Å²) in [6.45, 7) is 9.47. The van der Waals surface area contributed by atoms with Crippen molar-refractivity contribution in [1.29, 1.82) is 0 Å². The van der Waals surface area contributed by atoms with E-state index in [2.05, 4.69) is 13.0 Å². The summed E-state index contributed by atoms with van der Waals surface area (Å²) in [5.74, 6) is 0.823. The molecule has 1 amide bonds. The van der Waals surface area contributed by atoms with Crippen LogP contribution in [-0.4, -0.2) is 29.7 Å². The van der Waals surface area contributed by atoms with E-state index in [1.807, 2.05) is 43.9 Å². The van der Waals surface area contributed by atoms with Crippen LogP contribution in [0.2, 0.25) is 5.02 Å². The average Bonchev–Trinajstić information content (AvgIpc) is 2.45. The molecule has 1 fully saturated rings. The topological polar surface area (TPSA) is 29.5 Å². The Kier molecular flexibility index (Phi) is 5.38. The number of likely N-dealkylation sites (tertiary alicyclic amines) is 1. The summed E-state index contributed by atoms with van der Waals surface area (Å²) in [5.41, 5.74) is 0.798. The molecule has 1 aromatic carbocycles. The first-order valence-electron chi connectivity index (χ1n) is 7.99. The van der Waals surface area contributed by atoms with Crippen molar-refractivity contribution in [3.8, 4) is 0 Å². The standard InChI is InChI=1S/C18H26ClNO2/c1-13(14-7-5-9-16(19)11-14)15-8-6-10-20(12-15)17(21)22-18(2,3)4/h5,7,9,11,13,15H,6,8,10,12H2,1-4H3. The van der Waals surface area contributed by atoms with Gasteiger partial charge in [0.15, 0.2) is 0 Å². The summed E-state index contributed by atoms with van der Waals surface area (Å²) >= 11 is 6.10. The highest BCUT2D eigenvalue weighted by molar-refractivity contribution is 6.30. The first-order valence-corrected chi connectivity index (χ1v) is 8.37. The summed E-state index contributed by atoms with van der Waals surface area (Å²) in [6.07, 6.45) is 1.96. The molecule has 1 aromatic rings. The number of ether oxygens (including phenoxy) is 1. The lowest BCUT2D eigenvalue weighted by Crippen LogP contribution is -2.43. The number of hydrogen-bond acceptors (Lipinski definition) is 2. The molecular formula is C18H26ClNO2. The molecule has 0 aromatic heterocycles. The molecule has 0 aliphatic carbocycles. The summed E-state index contributed by atoms with van der Waals surface area (Å²) < 4.78 is 5.50. The second kappa shape index (κ2) is 6.91. The monoisotopic (exact) mass is 323 g/mol. The normalized spacial score (nSPS) is 20.6. The Morgan fingerprint density at radius 1 is 1.41 bits per heavy atom. The highest BCUT2D eigenvalue weighted by Gasteiger charge is 2.30. The van der Waals surface area contributed by atoms with E-state index in [1.165, 1.54) is 5.56 Å². The predicted octanol–water partition coefficient (Wildman–Crippen LogP) is 5.09. The van der Waals surface area contributed by atoms with Crippen LogP contribution in [0.3, 0.4) is 0 Å². The molecule has 0 spiro atoms. The van der Waals surface area contributed by atoms with Gasteiger partial charge in [-0.15, -0.1) is 0 Å². The zero-order valence-electron chi connectivity index (χ0n) is 13.9. The number of carbonyl (C=O) groups excluding carboxylic acids is 1. The van der Waals surface area contributed by atoms with E-state index in [1.54, 1.807) is 0 Å². The molecule has 22 heavy (non-hydrogen) atoms. The van der Waals surface area contributed by atoms with E-state index in [0.717, 1.165) is 31.0 Å². The second-order valence-corrected chi connectivity index (χ2v) is 7.61. The van der Waals surface area contributed by atoms with Crippen LogP contribution in [0.4, 0.5) is 4.79 Å². The molecular weight excluding hydrogens is 298 g/mol. The van der Waals surface area contributed by atoms with Crippen LogP contribution in [0.5, 0.6) is 0 Å². The van der Waals surface area contributed by atoms with Crippen molar-refractivity contribution in [2.45, 2.75) is 52.1 Å². The molecule has 122 valence electrons. The van der Waals surface area contributed by atoms with Crippen LogP contribution in [0.25, 0.3) is 0 Å². The van der Waals surface area contributed by atoms with E-state index in [4.69, 9.17) is 16.3 Å². The lowest BCUT2D eigenvalue weighted by Gasteiger charge is -2.36. The summed E-state index contributed by atoms with van der Waals surface area (Å²) in [7, 11) is 0. The van der Waals surface area contributed by atoms with E-state index >= 15 is 0 Å². The fourth-order valence-electron chi connectivity index (χ4n) is 2.97. The van der Waals surface area contributed by atoms with Crippen LogP contribution in [0.1, 0.15) is 52.0 Å².